The van der Waals surface area contributed by atoms with Crippen LogP contribution < -0.4 is 5.32 Å². The van der Waals surface area contributed by atoms with Crippen molar-refractivity contribution in [3.8, 4) is 11.4 Å². The summed E-state index contributed by atoms with van der Waals surface area (Å²) in [4.78, 5) is 12.2. The number of nitrogens with one attached hydrogen (secondary N) is 1. The molecule has 0 unspecified atom stereocenters. The Balaban J connectivity index is 1.51. The lowest BCUT2D eigenvalue weighted by Crippen LogP contribution is -2.08. The molecule has 4 rings (SSSR count). The smallest absolute Gasteiger partial charge is 0.248 e. The Labute approximate surface area is 162 Å². The average Bonchev–Trinajstić information content (AvgIpc) is 2.96. The molecule has 0 radical (unpaired) electrons. The fourth-order valence-corrected chi connectivity index (χ4v) is 3.39. The third kappa shape index (κ3) is 4.01. The topological polar surface area (TPSA) is 59.8 Å². The first-order valence-corrected chi connectivity index (χ1v) is 9.47. The molecule has 1 aliphatic heterocycles. The molecule has 0 spiro atoms. The van der Waals surface area contributed by atoms with Gasteiger partial charge in [0, 0.05) is 35.9 Å². The van der Waals surface area contributed by atoms with Gasteiger partial charge in [0.1, 0.15) is 11.6 Å². The number of hydrogen-bond donors (Lipinski definition) is 1. The van der Waals surface area contributed by atoms with E-state index in [1.807, 2.05) is 24.3 Å². The summed E-state index contributed by atoms with van der Waals surface area (Å²) in [6, 6.07) is 13.9. The molecule has 0 bridgehead atoms. The Morgan fingerprint density at radius 2 is 1.96 bits per heavy atom. The Morgan fingerprint density at radius 3 is 2.86 bits per heavy atom. The molecule has 2 heterocycles. The van der Waals surface area contributed by atoms with Crippen LogP contribution in [0.4, 0.5) is 10.1 Å². The van der Waals surface area contributed by atoms with Crippen LogP contribution >= 0.6 is 0 Å². The maximum atomic E-state index is 13.6. The molecule has 0 saturated heterocycles. The zero-order valence-electron chi connectivity index (χ0n) is 15.4. The quantitative estimate of drug-likeness (QED) is 0.684. The molecule has 0 fully saturated rings. The predicted octanol–water partition coefficient (Wildman–Crippen LogP) is 4.46. The monoisotopic (exact) mass is 376 g/mol. The Hall–Kier alpha value is -3.28. The van der Waals surface area contributed by atoms with Crippen LogP contribution in [0.5, 0.6) is 0 Å². The number of rotatable bonds is 4. The van der Waals surface area contributed by atoms with Gasteiger partial charge in [0.2, 0.25) is 5.91 Å². The third-order valence-electron chi connectivity index (χ3n) is 4.82. The third-order valence-corrected chi connectivity index (χ3v) is 4.82. The number of aromatic nitrogens is 3. The summed E-state index contributed by atoms with van der Waals surface area (Å²) in [7, 11) is 0. The highest BCUT2D eigenvalue weighted by Gasteiger charge is 2.16. The van der Waals surface area contributed by atoms with Crippen LogP contribution in [-0.2, 0) is 17.8 Å². The number of aryl methyl sites for hydroxylation is 1. The normalized spacial score (nSPS) is 13.9. The first-order chi connectivity index (χ1) is 13.7. The van der Waals surface area contributed by atoms with Crippen molar-refractivity contribution in [3.63, 3.8) is 0 Å². The lowest BCUT2D eigenvalue weighted by atomic mass is 10.1. The Bertz CT molecular complexity index is 1020. The van der Waals surface area contributed by atoms with Gasteiger partial charge in [-0.2, -0.15) is 0 Å². The Kier molecular flexibility index (Phi) is 5.28. The molecule has 1 N–H and O–H groups in total. The van der Waals surface area contributed by atoms with Crippen molar-refractivity contribution in [2.24, 2.45) is 0 Å². The van der Waals surface area contributed by atoms with Gasteiger partial charge in [-0.1, -0.05) is 36.8 Å². The number of halogens is 1. The number of carbonyl (C=O) groups is 1. The van der Waals surface area contributed by atoms with Gasteiger partial charge < -0.3 is 9.88 Å². The molecule has 0 atom stereocenters. The summed E-state index contributed by atoms with van der Waals surface area (Å²) in [5.74, 6) is 1.17. The van der Waals surface area contributed by atoms with Gasteiger partial charge in [0.25, 0.3) is 0 Å². The fraction of sp³-hybridized carbons (Fsp3) is 0.227. The van der Waals surface area contributed by atoms with Crippen LogP contribution in [0, 0.1) is 5.82 Å². The molecule has 1 amide bonds. The van der Waals surface area contributed by atoms with Crippen molar-refractivity contribution in [3.05, 3.63) is 71.8 Å². The van der Waals surface area contributed by atoms with Crippen LogP contribution in [0.1, 0.15) is 30.7 Å². The Morgan fingerprint density at radius 1 is 1.07 bits per heavy atom. The summed E-state index contributed by atoms with van der Waals surface area (Å²) in [5.41, 5.74) is 1.95. The molecule has 142 valence electrons. The summed E-state index contributed by atoms with van der Waals surface area (Å²) >= 11 is 0. The van der Waals surface area contributed by atoms with Gasteiger partial charge >= 0.3 is 0 Å². The van der Waals surface area contributed by atoms with Crippen molar-refractivity contribution in [1.29, 1.82) is 0 Å². The van der Waals surface area contributed by atoms with E-state index in [0.717, 1.165) is 43.0 Å². The standard InChI is InChI=1S/C22H21FN4O/c23-19-10-4-3-7-16(19)12-13-21(28)24-18-9-6-8-17(15-18)22-26-25-20-11-2-1-5-14-27(20)22/h3-4,6-10,12-13,15H,1-2,5,11,14H2,(H,24,28)/b13-12+. The summed E-state index contributed by atoms with van der Waals surface area (Å²) < 4.78 is 15.8. The summed E-state index contributed by atoms with van der Waals surface area (Å²) in [5, 5.41) is 11.5. The molecule has 6 heteroatoms. The molecule has 1 aromatic heterocycles. The van der Waals surface area contributed by atoms with Crippen LogP contribution in [0.15, 0.2) is 54.6 Å². The maximum Gasteiger partial charge on any atom is 0.248 e. The van der Waals surface area contributed by atoms with E-state index in [-0.39, 0.29) is 11.7 Å². The molecule has 0 saturated carbocycles. The van der Waals surface area contributed by atoms with Crippen LogP contribution in [0.3, 0.4) is 0 Å². The fourth-order valence-electron chi connectivity index (χ4n) is 3.39. The van der Waals surface area contributed by atoms with Crippen molar-refractivity contribution in [1.82, 2.24) is 14.8 Å². The highest BCUT2D eigenvalue weighted by molar-refractivity contribution is 6.02. The summed E-state index contributed by atoms with van der Waals surface area (Å²) in [6.45, 7) is 0.916. The first kappa shape index (κ1) is 18.1. The van der Waals surface area contributed by atoms with Crippen LogP contribution in [0.25, 0.3) is 17.5 Å². The van der Waals surface area contributed by atoms with Crippen molar-refractivity contribution in [2.75, 3.05) is 5.32 Å². The molecular formula is C22H21FN4O. The summed E-state index contributed by atoms with van der Waals surface area (Å²) in [6.07, 6.45) is 7.20. The molecule has 5 nitrogen and oxygen atoms in total. The number of carbonyl (C=O) groups excluding carboxylic acids is 1. The van der Waals surface area contributed by atoms with Gasteiger partial charge in [0.15, 0.2) is 5.82 Å². The number of anilines is 1. The molecular weight excluding hydrogens is 355 g/mol. The molecule has 1 aliphatic rings. The predicted molar refractivity (Wildman–Crippen MR) is 107 cm³/mol. The number of fused-ring (bicyclic) bond motifs is 1. The minimum Gasteiger partial charge on any atom is -0.322 e. The second-order valence-corrected chi connectivity index (χ2v) is 6.83. The second kappa shape index (κ2) is 8.17. The van der Waals surface area contributed by atoms with E-state index in [1.165, 1.54) is 24.6 Å². The zero-order chi connectivity index (χ0) is 19.3. The highest BCUT2D eigenvalue weighted by atomic mass is 19.1. The number of amides is 1. The van der Waals surface area contributed by atoms with Gasteiger partial charge in [-0.05, 0) is 37.1 Å². The first-order valence-electron chi connectivity index (χ1n) is 9.47. The number of nitrogens with zero attached hydrogens (tertiary/aromatic N) is 3. The van der Waals surface area contributed by atoms with Gasteiger partial charge in [-0.3, -0.25) is 4.79 Å². The van der Waals surface area contributed by atoms with Crippen LogP contribution in [-0.4, -0.2) is 20.7 Å². The molecule has 3 aromatic rings. The van der Waals surface area contributed by atoms with E-state index in [0.29, 0.717) is 11.3 Å². The van der Waals surface area contributed by atoms with E-state index in [1.54, 1.807) is 18.2 Å². The highest BCUT2D eigenvalue weighted by Crippen LogP contribution is 2.25. The van der Waals surface area contributed by atoms with Crippen LogP contribution in [0.2, 0.25) is 0 Å². The van der Waals surface area contributed by atoms with Gasteiger partial charge in [-0.15, -0.1) is 10.2 Å². The van der Waals surface area contributed by atoms with Crippen molar-refractivity contribution in [2.45, 2.75) is 32.2 Å². The zero-order valence-corrected chi connectivity index (χ0v) is 15.4. The van der Waals surface area contributed by atoms with E-state index >= 15 is 0 Å². The van der Waals surface area contributed by atoms with Crippen molar-refractivity contribution < 1.29 is 9.18 Å². The molecule has 0 aliphatic carbocycles. The van der Waals surface area contributed by atoms with E-state index in [4.69, 9.17) is 0 Å². The minimum atomic E-state index is -0.360. The van der Waals surface area contributed by atoms with Gasteiger partial charge in [-0.25, -0.2) is 4.39 Å². The second-order valence-electron chi connectivity index (χ2n) is 6.83. The molecule has 2 aromatic carbocycles. The van der Waals surface area contributed by atoms with Gasteiger partial charge in [0.05, 0.1) is 0 Å². The lowest BCUT2D eigenvalue weighted by molar-refractivity contribution is -0.111. The number of hydrogen-bond acceptors (Lipinski definition) is 3. The van der Waals surface area contributed by atoms with Crippen molar-refractivity contribution >= 4 is 17.7 Å². The average molecular weight is 376 g/mol. The SMILES string of the molecule is O=C(/C=C/c1ccccc1F)Nc1cccc(-c2nnc3n2CCCCC3)c1. The number of benzene rings is 2. The maximum absolute atomic E-state index is 13.6. The largest absolute Gasteiger partial charge is 0.322 e. The minimum absolute atomic E-state index is 0.319. The lowest BCUT2D eigenvalue weighted by Gasteiger charge is -2.09. The van der Waals surface area contributed by atoms with E-state index in [9.17, 15) is 9.18 Å². The molecule has 28 heavy (non-hydrogen) atoms. The van der Waals surface area contributed by atoms with E-state index < -0.39 is 0 Å². The van der Waals surface area contributed by atoms with E-state index in [2.05, 4.69) is 20.1 Å².